The van der Waals surface area contributed by atoms with Gasteiger partial charge in [0.15, 0.2) is 5.11 Å². The van der Waals surface area contributed by atoms with E-state index in [0.717, 1.165) is 3.57 Å². The van der Waals surface area contributed by atoms with Crippen LogP contribution in [0.15, 0.2) is 42.5 Å². The Labute approximate surface area is 146 Å². The van der Waals surface area contributed by atoms with E-state index in [9.17, 15) is 9.18 Å². The number of hydrogen-bond donors (Lipinski definition) is 2. The third-order valence-electron chi connectivity index (χ3n) is 2.74. The van der Waals surface area contributed by atoms with E-state index in [1.54, 1.807) is 36.4 Å². The molecule has 22 heavy (non-hydrogen) atoms. The average molecular weight is 430 g/mol. The van der Waals surface area contributed by atoms with E-state index in [2.05, 4.69) is 10.6 Å². The molecule has 7 heteroatoms. The van der Waals surface area contributed by atoms with Crippen molar-refractivity contribution in [3.8, 4) is 5.75 Å². The molecule has 2 aromatic rings. The Balaban J connectivity index is 2.03. The minimum absolute atomic E-state index is 0.0212. The molecule has 0 bridgehead atoms. The van der Waals surface area contributed by atoms with E-state index in [1.165, 1.54) is 13.2 Å². The molecule has 114 valence electrons. The summed E-state index contributed by atoms with van der Waals surface area (Å²) in [7, 11) is 1.52. The second-order valence-corrected chi connectivity index (χ2v) is 5.92. The van der Waals surface area contributed by atoms with E-state index in [-0.39, 0.29) is 10.8 Å². The minimum atomic E-state index is -0.440. The first-order valence-electron chi connectivity index (χ1n) is 6.21. The van der Waals surface area contributed by atoms with Crippen LogP contribution in [0.3, 0.4) is 0 Å². The molecule has 0 saturated carbocycles. The number of methoxy groups -OCH3 is 1. The first-order valence-corrected chi connectivity index (χ1v) is 7.69. The Morgan fingerprint density at radius 1 is 1.27 bits per heavy atom. The van der Waals surface area contributed by atoms with Crippen LogP contribution < -0.4 is 15.4 Å². The molecule has 0 radical (unpaired) electrons. The Morgan fingerprint density at radius 3 is 2.73 bits per heavy atom. The quantitative estimate of drug-likeness (QED) is 0.578. The molecule has 4 nitrogen and oxygen atoms in total. The topological polar surface area (TPSA) is 50.4 Å². The molecule has 0 aliphatic carbocycles. The third kappa shape index (κ3) is 4.38. The third-order valence-corrected chi connectivity index (χ3v) is 3.61. The number of carbonyl (C=O) groups excluding carboxylic acids is 1. The number of carbonyl (C=O) groups is 1. The van der Waals surface area contributed by atoms with Gasteiger partial charge in [-0.15, -0.1) is 0 Å². The fraction of sp³-hybridized carbons (Fsp3) is 0.0667. The van der Waals surface area contributed by atoms with Crippen LogP contribution in [0.5, 0.6) is 5.75 Å². The van der Waals surface area contributed by atoms with Crippen LogP contribution in [0.1, 0.15) is 10.4 Å². The van der Waals surface area contributed by atoms with Gasteiger partial charge in [0.25, 0.3) is 5.91 Å². The summed E-state index contributed by atoms with van der Waals surface area (Å²) in [5.74, 6) is -0.276. The first-order chi connectivity index (χ1) is 10.5. The first kappa shape index (κ1) is 16.6. The number of benzene rings is 2. The van der Waals surface area contributed by atoms with Gasteiger partial charge in [-0.25, -0.2) is 4.39 Å². The summed E-state index contributed by atoms with van der Waals surface area (Å²) >= 11 is 7.03. The molecule has 0 unspecified atom stereocenters. The summed E-state index contributed by atoms with van der Waals surface area (Å²) in [6.07, 6.45) is 0. The van der Waals surface area contributed by atoms with Crippen molar-refractivity contribution in [2.45, 2.75) is 0 Å². The van der Waals surface area contributed by atoms with Gasteiger partial charge in [-0.3, -0.25) is 10.1 Å². The molecule has 2 N–H and O–H groups in total. The van der Waals surface area contributed by atoms with Gasteiger partial charge in [-0.1, -0.05) is 6.07 Å². The van der Waals surface area contributed by atoms with Gasteiger partial charge in [0.05, 0.1) is 12.8 Å². The highest BCUT2D eigenvalue weighted by molar-refractivity contribution is 14.1. The molecule has 0 aliphatic heterocycles. The molecule has 0 aliphatic rings. The predicted octanol–water partition coefficient (Wildman–Crippen LogP) is 3.57. The van der Waals surface area contributed by atoms with Crippen molar-refractivity contribution in [1.82, 2.24) is 5.32 Å². The van der Waals surface area contributed by atoms with Crippen molar-refractivity contribution >= 4 is 51.5 Å². The normalized spacial score (nSPS) is 9.95. The molecule has 2 aromatic carbocycles. The average Bonchev–Trinajstić information content (AvgIpc) is 2.50. The van der Waals surface area contributed by atoms with Crippen molar-refractivity contribution in [3.63, 3.8) is 0 Å². The maximum Gasteiger partial charge on any atom is 0.257 e. The van der Waals surface area contributed by atoms with Crippen LogP contribution in [0.2, 0.25) is 0 Å². The number of nitrogens with one attached hydrogen (secondary N) is 2. The van der Waals surface area contributed by atoms with Crippen LogP contribution in [0, 0.1) is 9.39 Å². The van der Waals surface area contributed by atoms with Crippen LogP contribution in [0.4, 0.5) is 10.1 Å². The summed E-state index contributed by atoms with van der Waals surface area (Å²) in [4.78, 5) is 12.1. The molecule has 0 aromatic heterocycles. The predicted molar refractivity (Wildman–Crippen MR) is 95.8 cm³/mol. The lowest BCUT2D eigenvalue weighted by atomic mass is 10.2. The summed E-state index contributed by atoms with van der Waals surface area (Å²) in [6, 6.07) is 11.3. The number of amides is 1. The SMILES string of the molecule is COc1cccc(C(=O)NC(=S)Nc2ccc(I)cc2F)c1. The van der Waals surface area contributed by atoms with Crippen molar-refractivity contribution in [2.24, 2.45) is 0 Å². The molecule has 0 heterocycles. The standard InChI is InChI=1S/C15H12FIN2O2S/c1-21-11-4-2-3-9(7-11)14(20)19-15(22)18-13-6-5-10(17)8-12(13)16/h2-8H,1H3,(H2,18,19,20,22). The molecule has 0 atom stereocenters. The lowest BCUT2D eigenvalue weighted by Crippen LogP contribution is -2.34. The van der Waals surface area contributed by atoms with Gasteiger partial charge >= 0.3 is 0 Å². The van der Waals surface area contributed by atoms with Crippen LogP contribution in [0.25, 0.3) is 0 Å². The van der Waals surface area contributed by atoms with Crippen molar-refractivity contribution in [3.05, 3.63) is 57.4 Å². The highest BCUT2D eigenvalue weighted by Gasteiger charge is 2.10. The minimum Gasteiger partial charge on any atom is -0.497 e. The zero-order chi connectivity index (χ0) is 16.1. The molecular weight excluding hydrogens is 418 g/mol. The van der Waals surface area contributed by atoms with E-state index in [0.29, 0.717) is 11.3 Å². The number of thiocarbonyl (C=S) groups is 1. The van der Waals surface area contributed by atoms with Crippen molar-refractivity contribution in [2.75, 3.05) is 12.4 Å². The highest BCUT2D eigenvalue weighted by atomic mass is 127. The number of halogens is 2. The molecular formula is C15H12FIN2O2S. The number of rotatable bonds is 3. The fourth-order valence-corrected chi connectivity index (χ4v) is 2.34. The van der Waals surface area contributed by atoms with Gasteiger partial charge in [-0.2, -0.15) is 0 Å². The largest absolute Gasteiger partial charge is 0.497 e. The Morgan fingerprint density at radius 2 is 2.05 bits per heavy atom. The highest BCUT2D eigenvalue weighted by Crippen LogP contribution is 2.17. The smallest absolute Gasteiger partial charge is 0.257 e. The molecule has 0 fully saturated rings. The summed E-state index contributed by atoms with van der Waals surface area (Å²) in [5.41, 5.74) is 0.600. The summed E-state index contributed by atoms with van der Waals surface area (Å²) in [6.45, 7) is 0. The maximum atomic E-state index is 13.7. The Bertz CT molecular complexity index is 724. The fourth-order valence-electron chi connectivity index (χ4n) is 1.68. The number of ether oxygens (including phenoxy) is 1. The van der Waals surface area contributed by atoms with Crippen LogP contribution in [-0.4, -0.2) is 18.1 Å². The molecule has 0 spiro atoms. The molecule has 2 rings (SSSR count). The zero-order valence-corrected chi connectivity index (χ0v) is 14.5. The van der Waals surface area contributed by atoms with E-state index in [4.69, 9.17) is 17.0 Å². The second kappa shape index (κ2) is 7.50. The van der Waals surface area contributed by atoms with E-state index < -0.39 is 11.7 Å². The van der Waals surface area contributed by atoms with Gasteiger partial charge in [-0.05, 0) is 71.2 Å². The Kier molecular flexibility index (Phi) is 5.67. The lowest BCUT2D eigenvalue weighted by molar-refractivity contribution is 0.0977. The molecule has 1 amide bonds. The van der Waals surface area contributed by atoms with Crippen molar-refractivity contribution in [1.29, 1.82) is 0 Å². The van der Waals surface area contributed by atoms with Crippen LogP contribution >= 0.6 is 34.8 Å². The van der Waals surface area contributed by atoms with Gasteiger partial charge < -0.3 is 10.1 Å². The van der Waals surface area contributed by atoms with Crippen LogP contribution in [-0.2, 0) is 0 Å². The lowest BCUT2D eigenvalue weighted by Gasteiger charge is -2.11. The zero-order valence-electron chi connectivity index (χ0n) is 11.5. The van der Waals surface area contributed by atoms with Gasteiger partial charge in [0, 0.05) is 9.13 Å². The van der Waals surface area contributed by atoms with Crippen molar-refractivity contribution < 1.29 is 13.9 Å². The van der Waals surface area contributed by atoms with E-state index in [1.807, 2.05) is 22.6 Å². The summed E-state index contributed by atoms with van der Waals surface area (Å²) < 4.78 is 19.5. The van der Waals surface area contributed by atoms with Gasteiger partial charge in [0.1, 0.15) is 11.6 Å². The second-order valence-electron chi connectivity index (χ2n) is 4.26. The molecule has 0 saturated heterocycles. The maximum absolute atomic E-state index is 13.7. The van der Waals surface area contributed by atoms with E-state index >= 15 is 0 Å². The summed E-state index contributed by atoms with van der Waals surface area (Å²) in [5, 5.41) is 5.17. The monoisotopic (exact) mass is 430 g/mol. The number of anilines is 1. The number of hydrogen-bond acceptors (Lipinski definition) is 3. The Hall–Kier alpha value is -1.74. The van der Waals surface area contributed by atoms with Gasteiger partial charge in [0.2, 0.25) is 0 Å².